The topological polar surface area (TPSA) is 43.3 Å². The first-order valence-corrected chi connectivity index (χ1v) is 8.41. The van der Waals surface area contributed by atoms with Gasteiger partial charge in [-0.3, -0.25) is 4.79 Å². The van der Waals surface area contributed by atoms with Gasteiger partial charge in [-0.25, -0.2) is 0 Å². The molecule has 0 aliphatic heterocycles. The zero-order chi connectivity index (χ0) is 15.9. The summed E-state index contributed by atoms with van der Waals surface area (Å²) < 4.78 is 7.56. The van der Waals surface area contributed by atoms with Gasteiger partial charge in [-0.15, -0.1) is 11.3 Å². The molecule has 0 bridgehead atoms. The van der Waals surface area contributed by atoms with E-state index in [0.29, 0.717) is 17.1 Å². The van der Waals surface area contributed by atoms with Crippen LogP contribution in [0.4, 0.5) is 0 Å². The zero-order valence-corrected chi connectivity index (χ0v) is 14.4. The number of hydrogen-bond acceptors (Lipinski definition) is 4. The van der Waals surface area contributed by atoms with Gasteiger partial charge < -0.3 is 14.6 Å². The molecule has 2 aromatic rings. The van der Waals surface area contributed by atoms with Crippen LogP contribution in [-0.2, 0) is 16.1 Å². The molecule has 0 atom stereocenters. The van der Waals surface area contributed by atoms with Gasteiger partial charge in [0.05, 0.1) is 5.69 Å². The minimum atomic E-state index is -0.0287. The van der Waals surface area contributed by atoms with Crippen molar-refractivity contribution >= 4 is 29.5 Å². The molecule has 0 spiro atoms. The molecule has 0 aliphatic carbocycles. The lowest BCUT2D eigenvalue weighted by molar-refractivity contribution is -0.121. The van der Waals surface area contributed by atoms with Crippen molar-refractivity contribution in [3.05, 3.63) is 39.2 Å². The van der Waals surface area contributed by atoms with Crippen LogP contribution in [0.15, 0.2) is 29.6 Å². The van der Waals surface area contributed by atoms with E-state index in [2.05, 4.69) is 36.5 Å². The van der Waals surface area contributed by atoms with Gasteiger partial charge >= 0.3 is 0 Å². The highest BCUT2D eigenvalue weighted by Crippen LogP contribution is 2.24. The molecule has 2 rings (SSSR count). The molecule has 0 saturated carbocycles. The number of ether oxygens (including phenoxy) is 1. The number of rotatable bonds is 7. The molecule has 6 heteroatoms. The van der Waals surface area contributed by atoms with Crippen LogP contribution in [0.5, 0.6) is 0 Å². The van der Waals surface area contributed by atoms with Crippen LogP contribution in [0.25, 0.3) is 11.3 Å². The second-order valence-electron chi connectivity index (χ2n) is 5.04. The Morgan fingerprint density at radius 1 is 1.36 bits per heavy atom. The molecule has 22 heavy (non-hydrogen) atoms. The van der Waals surface area contributed by atoms with Gasteiger partial charge in [0.1, 0.15) is 6.54 Å². The molecule has 0 aliphatic rings. The second-order valence-corrected chi connectivity index (χ2v) is 6.54. The van der Waals surface area contributed by atoms with Crippen molar-refractivity contribution < 1.29 is 9.53 Å². The first-order chi connectivity index (χ1) is 10.6. The highest BCUT2D eigenvalue weighted by Gasteiger charge is 2.10. The summed E-state index contributed by atoms with van der Waals surface area (Å²) in [4.78, 5) is 12.0. The Hall–Kier alpha value is -1.50. The third-order valence-electron chi connectivity index (χ3n) is 3.28. The summed E-state index contributed by atoms with van der Waals surface area (Å²) in [6.45, 7) is 3.56. The first-order valence-electron chi connectivity index (χ1n) is 7.13. The maximum Gasteiger partial charge on any atom is 0.240 e. The maximum absolute atomic E-state index is 12.0. The van der Waals surface area contributed by atoms with Gasteiger partial charge in [-0.05, 0) is 31.1 Å². The van der Waals surface area contributed by atoms with Gasteiger partial charge in [0.2, 0.25) is 5.91 Å². The monoisotopic (exact) mass is 336 g/mol. The number of thiazole rings is 1. The molecule has 0 radical (unpaired) electrons. The molecule has 0 saturated heterocycles. The van der Waals surface area contributed by atoms with Crippen molar-refractivity contribution in [2.24, 2.45) is 0 Å². The molecule has 0 unspecified atom stereocenters. The van der Waals surface area contributed by atoms with Crippen molar-refractivity contribution in [1.29, 1.82) is 0 Å². The van der Waals surface area contributed by atoms with E-state index in [1.807, 2.05) is 9.95 Å². The van der Waals surface area contributed by atoms with E-state index < -0.39 is 0 Å². The van der Waals surface area contributed by atoms with E-state index in [1.165, 1.54) is 16.9 Å². The van der Waals surface area contributed by atoms with E-state index in [4.69, 9.17) is 17.0 Å². The average molecular weight is 336 g/mol. The highest BCUT2D eigenvalue weighted by atomic mass is 32.1. The molecule has 1 aromatic carbocycles. The Morgan fingerprint density at radius 2 is 2.09 bits per heavy atom. The Balaban J connectivity index is 2.08. The summed E-state index contributed by atoms with van der Waals surface area (Å²) in [5.41, 5.74) is 3.27. The van der Waals surface area contributed by atoms with E-state index in [1.54, 1.807) is 7.11 Å². The number of aryl methyl sites for hydroxylation is 1. The first kappa shape index (κ1) is 16.9. The van der Waals surface area contributed by atoms with Crippen molar-refractivity contribution in [1.82, 2.24) is 9.88 Å². The Bertz CT molecular complexity index is 674. The number of methoxy groups -OCH3 is 1. The Kier molecular flexibility index (Phi) is 6.30. The number of nitrogens with zero attached hydrogens (tertiary/aromatic N) is 1. The van der Waals surface area contributed by atoms with Gasteiger partial charge in [-0.1, -0.05) is 29.8 Å². The third-order valence-corrected chi connectivity index (χ3v) is 4.55. The minimum Gasteiger partial charge on any atom is -0.385 e. The van der Waals surface area contributed by atoms with Gasteiger partial charge in [-0.2, -0.15) is 0 Å². The molecule has 1 amide bonds. The number of carbonyl (C=O) groups excluding carboxylic acids is 1. The number of aromatic nitrogens is 1. The number of amides is 1. The molecular formula is C16H20N2O2S2. The van der Waals surface area contributed by atoms with Crippen molar-refractivity contribution in [2.75, 3.05) is 20.3 Å². The summed E-state index contributed by atoms with van der Waals surface area (Å²) in [6, 6.07) is 8.23. The summed E-state index contributed by atoms with van der Waals surface area (Å²) in [6.07, 6.45) is 0.808. The Morgan fingerprint density at radius 3 is 2.77 bits per heavy atom. The fraction of sp³-hybridized carbons (Fsp3) is 0.375. The van der Waals surface area contributed by atoms with E-state index in [-0.39, 0.29) is 12.5 Å². The standard InChI is InChI=1S/C16H20N2O2S2/c1-12-4-6-13(7-5-12)14-11-22-16(21)18(14)10-15(19)17-8-3-9-20-2/h4-7,11H,3,8-10H2,1-2H3,(H,17,19). The summed E-state index contributed by atoms with van der Waals surface area (Å²) in [5, 5.41) is 4.89. The maximum atomic E-state index is 12.0. The number of hydrogen-bond donors (Lipinski definition) is 1. The molecular weight excluding hydrogens is 316 g/mol. The number of carbonyl (C=O) groups is 1. The normalized spacial score (nSPS) is 10.6. The van der Waals surface area contributed by atoms with Crippen LogP contribution < -0.4 is 5.32 Å². The lowest BCUT2D eigenvalue weighted by Crippen LogP contribution is -2.29. The quantitative estimate of drug-likeness (QED) is 0.622. The second kappa shape index (κ2) is 8.22. The Labute approximate surface area is 139 Å². The van der Waals surface area contributed by atoms with E-state index in [9.17, 15) is 4.79 Å². The predicted octanol–water partition coefficient (Wildman–Crippen LogP) is 3.41. The van der Waals surface area contributed by atoms with E-state index in [0.717, 1.165) is 17.7 Å². The van der Waals surface area contributed by atoms with Crippen molar-refractivity contribution in [3.8, 4) is 11.3 Å². The SMILES string of the molecule is COCCCNC(=O)Cn1c(-c2ccc(C)cc2)csc1=S. The fourth-order valence-electron chi connectivity index (χ4n) is 2.07. The summed E-state index contributed by atoms with van der Waals surface area (Å²) in [5.74, 6) is -0.0287. The zero-order valence-electron chi connectivity index (χ0n) is 12.8. The molecule has 1 aromatic heterocycles. The largest absolute Gasteiger partial charge is 0.385 e. The number of nitrogens with one attached hydrogen (secondary N) is 1. The van der Waals surface area contributed by atoms with Crippen LogP contribution in [-0.4, -0.2) is 30.7 Å². The minimum absolute atomic E-state index is 0.0287. The fourth-order valence-corrected chi connectivity index (χ4v) is 3.15. The summed E-state index contributed by atoms with van der Waals surface area (Å²) in [7, 11) is 1.65. The average Bonchev–Trinajstić information content (AvgIpc) is 2.86. The van der Waals surface area contributed by atoms with Gasteiger partial charge in [0, 0.05) is 25.6 Å². The molecule has 1 N–H and O–H groups in total. The lowest BCUT2D eigenvalue weighted by atomic mass is 10.1. The van der Waals surface area contributed by atoms with Crippen LogP contribution in [0.3, 0.4) is 0 Å². The third kappa shape index (κ3) is 4.50. The van der Waals surface area contributed by atoms with Crippen LogP contribution in [0.2, 0.25) is 0 Å². The lowest BCUT2D eigenvalue weighted by Gasteiger charge is -2.10. The van der Waals surface area contributed by atoms with Crippen molar-refractivity contribution in [3.63, 3.8) is 0 Å². The van der Waals surface area contributed by atoms with E-state index >= 15 is 0 Å². The molecule has 1 heterocycles. The van der Waals surface area contributed by atoms with Gasteiger partial charge in [0.25, 0.3) is 0 Å². The highest BCUT2D eigenvalue weighted by molar-refractivity contribution is 7.73. The van der Waals surface area contributed by atoms with Gasteiger partial charge in [0.15, 0.2) is 3.95 Å². The van der Waals surface area contributed by atoms with Crippen LogP contribution >= 0.6 is 23.6 Å². The summed E-state index contributed by atoms with van der Waals surface area (Å²) >= 11 is 6.83. The molecule has 118 valence electrons. The van der Waals surface area contributed by atoms with Crippen LogP contribution in [0.1, 0.15) is 12.0 Å². The van der Waals surface area contributed by atoms with Crippen molar-refractivity contribution in [2.45, 2.75) is 19.9 Å². The van der Waals surface area contributed by atoms with Crippen LogP contribution in [0, 0.1) is 10.9 Å². The predicted molar refractivity (Wildman–Crippen MR) is 92.8 cm³/mol. The molecule has 0 fully saturated rings. The smallest absolute Gasteiger partial charge is 0.240 e. The number of benzene rings is 1. The molecule has 4 nitrogen and oxygen atoms in total.